The van der Waals surface area contributed by atoms with Crippen molar-refractivity contribution in [1.82, 2.24) is 4.90 Å². The summed E-state index contributed by atoms with van der Waals surface area (Å²) in [6, 6.07) is 14.0. The average molecular weight is 468 g/mol. The van der Waals surface area contributed by atoms with Crippen LogP contribution in [0.25, 0.3) is 6.08 Å². The lowest BCUT2D eigenvalue weighted by atomic mass is 9.79. The molecule has 1 unspecified atom stereocenters. The number of fused-ring (bicyclic) bond motifs is 1. The lowest BCUT2D eigenvalue weighted by Crippen LogP contribution is -2.48. The van der Waals surface area contributed by atoms with Gasteiger partial charge in [0.05, 0.1) is 10.6 Å². The third-order valence-electron chi connectivity index (χ3n) is 6.29. The van der Waals surface area contributed by atoms with Crippen LogP contribution in [0.4, 0.5) is 11.4 Å². The molecular formula is C26H30ClN3OS. The SMILES string of the molecule is CCN1C(=O)/C(=C\c2cc3c(cc2Cl)N(CC)C(C)(C)CC3C)SC1=Nc1ccccc1. The number of hydrogen-bond acceptors (Lipinski definition) is 4. The van der Waals surface area contributed by atoms with Crippen molar-refractivity contribution in [3.63, 3.8) is 0 Å². The largest absolute Gasteiger partial charge is 0.366 e. The van der Waals surface area contributed by atoms with Crippen LogP contribution in [-0.2, 0) is 4.79 Å². The minimum absolute atomic E-state index is 0.0228. The van der Waals surface area contributed by atoms with E-state index in [9.17, 15) is 4.79 Å². The quantitative estimate of drug-likeness (QED) is 0.451. The Morgan fingerprint density at radius 2 is 1.91 bits per heavy atom. The van der Waals surface area contributed by atoms with Gasteiger partial charge in [0.2, 0.25) is 0 Å². The minimum Gasteiger partial charge on any atom is -0.366 e. The van der Waals surface area contributed by atoms with Crippen molar-refractivity contribution in [3.05, 3.63) is 63.5 Å². The summed E-state index contributed by atoms with van der Waals surface area (Å²) in [5.41, 5.74) is 4.32. The number of carbonyl (C=O) groups is 1. The molecule has 168 valence electrons. The summed E-state index contributed by atoms with van der Waals surface area (Å²) in [7, 11) is 0. The molecule has 0 bridgehead atoms. The van der Waals surface area contributed by atoms with E-state index in [1.807, 2.05) is 43.3 Å². The van der Waals surface area contributed by atoms with Crippen molar-refractivity contribution in [2.24, 2.45) is 4.99 Å². The van der Waals surface area contributed by atoms with Crippen LogP contribution in [0.2, 0.25) is 5.02 Å². The minimum atomic E-state index is -0.0228. The van der Waals surface area contributed by atoms with Gasteiger partial charge < -0.3 is 4.90 Å². The van der Waals surface area contributed by atoms with Crippen LogP contribution in [0.3, 0.4) is 0 Å². The predicted molar refractivity (Wildman–Crippen MR) is 138 cm³/mol. The van der Waals surface area contributed by atoms with E-state index in [0.717, 1.165) is 24.2 Å². The number of para-hydroxylation sites is 1. The molecule has 2 aliphatic rings. The van der Waals surface area contributed by atoms with Gasteiger partial charge in [0.25, 0.3) is 5.91 Å². The monoisotopic (exact) mass is 467 g/mol. The predicted octanol–water partition coefficient (Wildman–Crippen LogP) is 7.08. The zero-order chi connectivity index (χ0) is 23.0. The summed E-state index contributed by atoms with van der Waals surface area (Å²) in [6.45, 7) is 12.5. The van der Waals surface area contributed by atoms with E-state index in [4.69, 9.17) is 16.6 Å². The molecule has 0 aliphatic carbocycles. The molecule has 1 atom stereocenters. The number of carbonyl (C=O) groups excluding carboxylic acids is 1. The maximum Gasteiger partial charge on any atom is 0.266 e. The number of halogens is 1. The second kappa shape index (κ2) is 8.95. The van der Waals surface area contributed by atoms with Crippen molar-refractivity contribution >= 4 is 51.9 Å². The summed E-state index contributed by atoms with van der Waals surface area (Å²) >= 11 is 8.16. The Balaban J connectivity index is 1.72. The Kier molecular flexibility index (Phi) is 6.42. The maximum atomic E-state index is 13.1. The fourth-order valence-corrected chi connectivity index (χ4v) is 6.12. The van der Waals surface area contributed by atoms with Gasteiger partial charge in [0, 0.05) is 29.3 Å². The van der Waals surface area contributed by atoms with Crippen molar-refractivity contribution < 1.29 is 4.79 Å². The highest BCUT2D eigenvalue weighted by Crippen LogP contribution is 2.46. The molecule has 1 saturated heterocycles. The number of nitrogens with zero attached hydrogens (tertiary/aromatic N) is 3. The number of benzene rings is 2. The van der Waals surface area contributed by atoms with Crippen LogP contribution in [-0.4, -0.2) is 34.6 Å². The molecule has 1 amide bonds. The van der Waals surface area contributed by atoms with Gasteiger partial charge in [0.15, 0.2) is 5.17 Å². The Labute approximate surface area is 200 Å². The Morgan fingerprint density at radius 3 is 2.56 bits per heavy atom. The van der Waals surface area contributed by atoms with Gasteiger partial charge in [-0.15, -0.1) is 0 Å². The Morgan fingerprint density at radius 1 is 1.19 bits per heavy atom. The number of amidine groups is 1. The third-order valence-corrected chi connectivity index (χ3v) is 7.63. The third kappa shape index (κ3) is 4.20. The van der Waals surface area contributed by atoms with Gasteiger partial charge in [-0.3, -0.25) is 9.69 Å². The number of hydrogen-bond donors (Lipinski definition) is 0. The normalized spacial score (nSPS) is 22.7. The van der Waals surface area contributed by atoms with Crippen LogP contribution in [0.5, 0.6) is 0 Å². The number of aliphatic imine (C=N–C) groups is 1. The van der Waals surface area contributed by atoms with Crippen molar-refractivity contribution in [2.45, 2.75) is 52.5 Å². The molecule has 2 aliphatic heterocycles. The van der Waals surface area contributed by atoms with Crippen molar-refractivity contribution in [3.8, 4) is 0 Å². The highest BCUT2D eigenvalue weighted by molar-refractivity contribution is 8.18. The van der Waals surface area contributed by atoms with Crippen LogP contribution in [0.15, 0.2) is 52.4 Å². The highest BCUT2D eigenvalue weighted by atomic mass is 35.5. The first-order valence-corrected chi connectivity index (χ1v) is 12.4. The topological polar surface area (TPSA) is 35.9 Å². The summed E-state index contributed by atoms with van der Waals surface area (Å²) < 4.78 is 0. The first-order chi connectivity index (χ1) is 15.2. The van der Waals surface area contributed by atoms with Crippen molar-refractivity contribution in [1.29, 1.82) is 0 Å². The van der Waals surface area contributed by atoms with Gasteiger partial charge in [-0.2, -0.15) is 0 Å². The van der Waals surface area contributed by atoms with Crippen LogP contribution in [0, 0.1) is 0 Å². The van der Waals surface area contributed by atoms with E-state index < -0.39 is 0 Å². The van der Waals surface area contributed by atoms with E-state index in [-0.39, 0.29) is 11.4 Å². The van der Waals surface area contributed by atoms with Gasteiger partial charge in [-0.25, -0.2) is 4.99 Å². The smallest absolute Gasteiger partial charge is 0.266 e. The number of likely N-dealkylation sites (N-methyl/N-ethyl adjacent to an activating group) is 1. The summed E-state index contributed by atoms with van der Waals surface area (Å²) in [6.07, 6.45) is 3.01. The molecule has 0 aromatic heterocycles. The maximum absolute atomic E-state index is 13.1. The van der Waals surface area contributed by atoms with Crippen LogP contribution in [0.1, 0.15) is 58.1 Å². The van der Waals surface area contributed by atoms with Crippen LogP contribution < -0.4 is 4.90 Å². The molecule has 0 radical (unpaired) electrons. The fraction of sp³-hybridized carbons (Fsp3) is 0.385. The molecule has 6 heteroatoms. The van der Waals surface area contributed by atoms with Gasteiger partial charge in [-0.1, -0.05) is 36.7 Å². The van der Waals surface area contributed by atoms with Gasteiger partial charge in [0.1, 0.15) is 0 Å². The number of anilines is 1. The molecule has 2 heterocycles. The average Bonchev–Trinajstić information content (AvgIpc) is 3.03. The van der Waals surface area contributed by atoms with E-state index in [1.165, 1.54) is 23.0 Å². The summed E-state index contributed by atoms with van der Waals surface area (Å²) in [5, 5.41) is 1.38. The second-order valence-electron chi connectivity index (χ2n) is 8.98. The van der Waals surface area contributed by atoms with Gasteiger partial charge in [-0.05, 0) is 93.3 Å². The first kappa shape index (κ1) is 22.9. The van der Waals surface area contributed by atoms with E-state index in [2.05, 4.69) is 44.7 Å². The molecule has 0 spiro atoms. The molecule has 0 saturated carbocycles. The van der Waals surface area contributed by atoms with Crippen LogP contribution >= 0.6 is 23.4 Å². The van der Waals surface area contributed by atoms with Gasteiger partial charge >= 0.3 is 0 Å². The van der Waals surface area contributed by atoms with E-state index in [0.29, 0.717) is 27.6 Å². The number of rotatable bonds is 4. The van der Waals surface area contributed by atoms with Crippen molar-refractivity contribution in [2.75, 3.05) is 18.0 Å². The molecule has 4 nitrogen and oxygen atoms in total. The Bertz CT molecular complexity index is 1090. The first-order valence-electron chi connectivity index (χ1n) is 11.2. The molecular weight excluding hydrogens is 438 g/mol. The van der Waals surface area contributed by atoms with E-state index in [1.54, 1.807) is 4.90 Å². The zero-order valence-corrected chi connectivity index (χ0v) is 20.9. The molecule has 32 heavy (non-hydrogen) atoms. The lowest BCUT2D eigenvalue weighted by molar-refractivity contribution is -0.122. The van der Waals surface area contributed by atoms with E-state index >= 15 is 0 Å². The standard InChI is InChI=1S/C26H30ClN3OS/c1-6-29-24(31)23(32-25(29)28-19-11-9-8-10-12-19)14-18-13-20-17(3)16-26(4,5)30(7-2)22(20)15-21(18)27/h8-15,17H,6-7,16H2,1-5H3/b23-14+,28-25?. The zero-order valence-electron chi connectivity index (χ0n) is 19.4. The fourth-order valence-electron chi connectivity index (χ4n) is 4.85. The molecule has 2 aromatic carbocycles. The molecule has 2 aromatic rings. The number of amides is 1. The molecule has 1 fully saturated rings. The summed E-state index contributed by atoms with van der Waals surface area (Å²) in [5.74, 6) is 0.400. The molecule has 4 rings (SSSR count). The number of thioether (sulfide) groups is 1. The summed E-state index contributed by atoms with van der Waals surface area (Å²) in [4.78, 5) is 22.6. The molecule has 0 N–H and O–H groups in total. The highest BCUT2D eigenvalue weighted by Gasteiger charge is 2.36. The Hall–Kier alpha value is -2.24. The second-order valence-corrected chi connectivity index (χ2v) is 10.4. The lowest BCUT2D eigenvalue weighted by Gasteiger charge is -2.47.